The molecular weight excluding hydrogens is 267 g/mol. The molecule has 0 aliphatic heterocycles. The molecule has 0 atom stereocenters. The number of alkyl halides is 4. The molecule has 0 unspecified atom stereocenters. The molecule has 0 heterocycles. The van der Waals surface area contributed by atoms with E-state index in [1.165, 1.54) is 13.8 Å². The molecule has 2 nitrogen and oxygen atoms in total. The maximum Gasteiger partial charge on any atom is 0.471 e. The normalized spacial score (nSPS) is 12.3. The Morgan fingerprint density at radius 3 is 2.11 bits per heavy atom. The highest BCUT2D eigenvalue weighted by atomic mass is 35.5. The highest BCUT2D eigenvalue weighted by Gasteiger charge is 2.41. The van der Waals surface area contributed by atoms with Gasteiger partial charge in [-0.3, -0.25) is 4.79 Å². The molecular formula is C12H13ClF3NO. The van der Waals surface area contributed by atoms with Gasteiger partial charge in [-0.15, -0.1) is 11.6 Å². The van der Waals surface area contributed by atoms with Gasteiger partial charge in [0, 0.05) is 5.88 Å². The van der Waals surface area contributed by atoms with Crippen LogP contribution >= 0.6 is 11.6 Å². The summed E-state index contributed by atoms with van der Waals surface area (Å²) in [6.07, 6.45) is -4.88. The van der Waals surface area contributed by atoms with Gasteiger partial charge in [0.1, 0.15) is 0 Å². The molecule has 0 radical (unpaired) electrons. The lowest BCUT2D eigenvalue weighted by molar-refractivity contribution is -0.175. The highest BCUT2D eigenvalue weighted by Crippen LogP contribution is 2.24. The molecule has 6 heteroatoms. The van der Waals surface area contributed by atoms with Crippen LogP contribution in [0.2, 0.25) is 0 Å². The lowest BCUT2D eigenvalue weighted by atomic mass is 9.93. The summed E-state index contributed by atoms with van der Waals surface area (Å²) in [5.74, 6) is -1.62. The van der Waals surface area contributed by atoms with Gasteiger partial charge < -0.3 is 5.32 Å². The molecule has 100 valence electrons. The molecule has 0 aromatic heterocycles. The molecule has 18 heavy (non-hydrogen) atoms. The maximum atomic E-state index is 12.2. The molecule has 1 rings (SSSR count). The van der Waals surface area contributed by atoms with Crippen LogP contribution in [0.15, 0.2) is 24.3 Å². The van der Waals surface area contributed by atoms with Gasteiger partial charge in [0.25, 0.3) is 0 Å². The van der Waals surface area contributed by atoms with Crippen LogP contribution in [0.4, 0.5) is 13.2 Å². The van der Waals surface area contributed by atoms with Crippen molar-refractivity contribution in [3.63, 3.8) is 0 Å². The molecule has 1 N–H and O–H groups in total. The standard InChI is InChI=1S/C12H13ClF3NO/c1-11(2,17-10(18)12(14,15)16)9-5-3-8(7-13)4-6-9/h3-6H,7H2,1-2H3,(H,17,18). The van der Waals surface area contributed by atoms with Crippen LogP contribution in [0.5, 0.6) is 0 Å². The zero-order chi connectivity index (χ0) is 14.0. The number of carbonyl (C=O) groups is 1. The third kappa shape index (κ3) is 3.63. The van der Waals surface area contributed by atoms with E-state index in [0.717, 1.165) is 5.56 Å². The minimum Gasteiger partial charge on any atom is -0.339 e. The Hall–Kier alpha value is -1.23. The van der Waals surface area contributed by atoms with Crippen molar-refractivity contribution in [3.05, 3.63) is 35.4 Å². The van der Waals surface area contributed by atoms with Crippen molar-refractivity contribution in [2.45, 2.75) is 31.4 Å². The Morgan fingerprint density at radius 2 is 1.72 bits per heavy atom. The molecule has 1 aromatic carbocycles. The van der Waals surface area contributed by atoms with Gasteiger partial charge in [0.05, 0.1) is 5.54 Å². The van der Waals surface area contributed by atoms with Crippen molar-refractivity contribution in [2.24, 2.45) is 0 Å². The first kappa shape index (κ1) is 14.8. The number of hydrogen-bond donors (Lipinski definition) is 1. The molecule has 1 aromatic rings. The summed E-state index contributed by atoms with van der Waals surface area (Å²) in [7, 11) is 0. The van der Waals surface area contributed by atoms with E-state index in [-0.39, 0.29) is 0 Å². The average molecular weight is 280 g/mol. The van der Waals surface area contributed by atoms with Crippen molar-refractivity contribution in [1.29, 1.82) is 0 Å². The second-order valence-corrected chi connectivity index (χ2v) is 4.67. The predicted molar refractivity (Wildman–Crippen MR) is 63.2 cm³/mol. The Bertz CT molecular complexity index is 426. The first-order chi connectivity index (χ1) is 8.16. The second kappa shape index (κ2) is 5.18. The van der Waals surface area contributed by atoms with Gasteiger partial charge in [0.15, 0.2) is 0 Å². The van der Waals surface area contributed by atoms with Crippen LogP contribution in [-0.4, -0.2) is 12.1 Å². The molecule has 0 saturated heterocycles. The van der Waals surface area contributed by atoms with Gasteiger partial charge in [-0.1, -0.05) is 24.3 Å². The lowest BCUT2D eigenvalue weighted by Gasteiger charge is -2.27. The zero-order valence-electron chi connectivity index (χ0n) is 9.94. The molecule has 0 saturated carbocycles. The molecule has 0 aliphatic rings. The van der Waals surface area contributed by atoms with Crippen LogP contribution in [-0.2, 0) is 16.2 Å². The van der Waals surface area contributed by atoms with Crippen LogP contribution in [0.25, 0.3) is 0 Å². The lowest BCUT2D eigenvalue weighted by Crippen LogP contribution is -2.47. The Labute approximate surface area is 108 Å². The van der Waals surface area contributed by atoms with Gasteiger partial charge in [-0.2, -0.15) is 13.2 Å². The molecule has 0 spiro atoms. The van der Waals surface area contributed by atoms with E-state index in [4.69, 9.17) is 11.6 Å². The van der Waals surface area contributed by atoms with Crippen molar-refractivity contribution >= 4 is 17.5 Å². The number of carbonyl (C=O) groups excluding carboxylic acids is 1. The summed E-state index contributed by atoms with van der Waals surface area (Å²) in [6.45, 7) is 3.01. The minimum absolute atomic E-state index is 0.329. The Kier molecular flexibility index (Phi) is 4.27. The quantitative estimate of drug-likeness (QED) is 0.845. The Balaban J connectivity index is 2.88. The van der Waals surface area contributed by atoms with Gasteiger partial charge >= 0.3 is 12.1 Å². The number of rotatable bonds is 3. The summed E-state index contributed by atoms with van der Waals surface area (Å²) in [6, 6.07) is 6.72. The SMILES string of the molecule is CC(C)(NC(=O)C(F)(F)F)c1ccc(CCl)cc1. The van der Waals surface area contributed by atoms with E-state index in [1.807, 2.05) is 5.32 Å². The summed E-state index contributed by atoms with van der Waals surface area (Å²) in [4.78, 5) is 10.9. The van der Waals surface area contributed by atoms with E-state index in [9.17, 15) is 18.0 Å². The number of benzene rings is 1. The maximum absolute atomic E-state index is 12.2. The largest absolute Gasteiger partial charge is 0.471 e. The van der Waals surface area contributed by atoms with E-state index < -0.39 is 17.6 Å². The number of hydrogen-bond acceptors (Lipinski definition) is 1. The van der Waals surface area contributed by atoms with Gasteiger partial charge in [-0.25, -0.2) is 0 Å². The van der Waals surface area contributed by atoms with E-state index >= 15 is 0 Å². The fourth-order valence-electron chi connectivity index (χ4n) is 1.44. The second-order valence-electron chi connectivity index (χ2n) is 4.41. The van der Waals surface area contributed by atoms with Crippen molar-refractivity contribution < 1.29 is 18.0 Å². The number of nitrogens with one attached hydrogen (secondary N) is 1. The van der Waals surface area contributed by atoms with E-state index in [0.29, 0.717) is 11.4 Å². The van der Waals surface area contributed by atoms with Crippen LogP contribution < -0.4 is 5.32 Å². The predicted octanol–water partition coefficient (Wildman–Crippen LogP) is 3.34. The molecule has 0 fully saturated rings. The van der Waals surface area contributed by atoms with Crippen molar-refractivity contribution in [2.75, 3.05) is 0 Å². The third-order valence-corrected chi connectivity index (χ3v) is 2.82. The first-order valence-corrected chi connectivity index (χ1v) is 5.75. The molecule has 0 aliphatic carbocycles. The smallest absolute Gasteiger partial charge is 0.339 e. The molecule has 1 amide bonds. The van der Waals surface area contributed by atoms with Gasteiger partial charge in [0.2, 0.25) is 0 Å². The summed E-state index contributed by atoms with van der Waals surface area (Å²) < 4.78 is 36.6. The fourth-order valence-corrected chi connectivity index (χ4v) is 1.62. The summed E-state index contributed by atoms with van der Waals surface area (Å²) in [5.41, 5.74) is 0.338. The van der Waals surface area contributed by atoms with Crippen molar-refractivity contribution in [3.8, 4) is 0 Å². The first-order valence-electron chi connectivity index (χ1n) is 5.21. The van der Waals surface area contributed by atoms with E-state index in [1.54, 1.807) is 24.3 Å². The van der Waals surface area contributed by atoms with Crippen LogP contribution in [0, 0.1) is 0 Å². The van der Waals surface area contributed by atoms with Gasteiger partial charge in [-0.05, 0) is 25.0 Å². The third-order valence-electron chi connectivity index (χ3n) is 2.51. The monoisotopic (exact) mass is 279 g/mol. The number of amides is 1. The minimum atomic E-state index is -4.88. The zero-order valence-corrected chi connectivity index (χ0v) is 10.7. The summed E-state index contributed by atoms with van der Waals surface area (Å²) in [5, 5.41) is 1.95. The topological polar surface area (TPSA) is 29.1 Å². The van der Waals surface area contributed by atoms with Crippen LogP contribution in [0.1, 0.15) is 25.0 Å². The molecule has 0 bridgehead atoms. The van der Waals surface area contributed by atoms with Crippen molar-refractivity contribution in [1.82, 2.24) is 5.32 Å². The fraction of sp³-hybridized carbons (Fsp3) is 0.417. The number of halogens is 4. The average Bonchev–Trinajstić information content (AvgIpc) is 2.27. The Morgan fingerprint density at radius 1 is 1.22 bits per heavy atom. The summed E-state index contributed by atoms with van der Waals surface area (Å²) >= 11 is 5.62. The van der Waals surface area contributed by atoms with Crippen LogP contribution in [0.3, 0.4) is 0 Å². The highest BCUT2D eigenvalue weighted by molar-refractivity contribution is 6.17. The van der Waals surface area contributed by atoms with E-state index in [2.05, 4.69) is 0 Å².